The highest BCUT2D eigenvalue weighted by atomic mass is 127. The first-order chi connectivity index (χ1) is 8.56. The summed E-state index contributed by atoms with van der Waals surface area (Å²) in [6.45, 7) is 2.75. The summed E-state index contributed by atoms with van der Waals surface area (Å²) in [6.07, 6.45) is 0. The zero-order valence-electron chi connectivity index (χ0n) is 9.81. The number of hydrogen-bond acceptors (Lipinski definition) is 1. The molecular weight excluding hydrogens is 380 g/mol. The Balaban J connectivity index is 2.13. The van der Waals surface area contributed by atoms with Crippen LogP contribution in [0.15, 0.2) is 36.4 Å². The molecule has 0 aliphatic carbocycles. The van der Waals surface area contributed by atoms with Gasteiger partial charge in [0.2, 0.25) is 0 Å². The van der Waals surface area contributed by atoms with Crippen molar-refractivity contribution in [3.8, 4) is 0 Å². The summed E-state index contributed by atoms with van der Waals surface area (Å²) in [5.74, 6) is 0. The zero-order chi connectivity index (χ0) is 13.1. The molecule has 0 spiro atoms. The van der Waals surface area contributed by atoms with Crippen LogP contribution in [-0.4, -0.2) is 0 Å². The van der Waals surface area contributed by atoms with Crippen LogP contribution < -0.4 is 5.32 Å². The molecule has 0 saturated carbocycles. The predicted molar refractivity (Wildman–Crippen MR) is 87.7 cm³/mol. The minimum Gasteiger partial charge on any atom is -0.381 e. The van der Waals surface area contributed by atoms with Gasteiger partial charge in [0.25, 0.3) is 0 Å². The molecule has 0 aliphatic rings. The van der Waals surface area contributed by atoms with Crippen LogP contribution in [0.4, 0.5) is 5.69 Å². The number of aryl methyl sites for hydroxylation is 1. The van der Waals surface area contributed by atoms with Gasteiger partial charge in [0.1, 0.15) is 0 Å². The Hall–Kier alpha value is -0.450. The van der Waals surface area contributed by atoms with Gasteiger partial charge >= 0.3 is 0 Å². The van der Waals surface area contributed by atoms with E-state index in [1.165, 1.54) is 9.13 Å². The molecule has 0 saturated heterocycles. The molecule has 0 atom stereocenters. The van der Waals surface area contributed by atoms with Crippen LogP contribution in [0.3, 0.4) is 0 Å². The Morgan fingerprint density at radius 2 is 1.89 bits per heavy atom. The SMILES string of the molecule is Cc1cc(I)ccc1NCc1cc(Cl)ccc1Cl. The molecule has 2 aromatic rings. The van der Waals surface area contributed by atoms with Gasteiger partial charge < -0.3 is 5.32 Å². The summed E-state index contributed by atoms with van der Waals surface area (Å²) in [5, 5.41) is 4.81. The minimum absolute atomic E-state index is 0.667. The van der Waals surface area contributed by atoms with E-state index in [0.29, 0.717) is 11.6 Å². The normalized spacial score (nSPS) is 10.4. The van der Waals surface area contributed by atoms with Crippen LogP contribution in [-0.2, 0) is 6.54 Å². The third-order valence-corrected chi connectivity index (χ3v) is 3.94. The molecule has 0 radical (unpaired) electrons. The van der Waals surface area contributed by atoms with Gasteiger partial charge in [-0.25, -0.2) is 0 Å². The minimum atomic E-state index is 0.667. The maximum Gasteiger partial charge on any atom is 0.0456 e. The van der Waals surface area contributed by atoms with Gasteiger partial charge in [0, 0.05) is 25.8 Å². The average molecular weight is 392 g/mol. The third kappa shape index (κ3) is 3.53. The lowest BCUT2D eigenvalue weighted by Gasteiger charge is -2.11. The fourth-order valence-corrected chi connectivity index (χ4v) is 2.72. The number of nitrogens with one attached hydrogen (secondary N) is 1. The smallest absolute Gasteiger partial charge is 0.0456 e. The van der Waals surface area contributed by atoms with Gasteiger partial charge in [0.05, 0.1) is 0 Å². The van der Waals surface area contributed by atoms with Gasteiger partial charge in [0.15, 0.2) is 0 Å². The first-order valence-electron chi connectivity index (χ1n) is 5.50. The molecule has 0 fully saturated rings. The summed E-state index contributed by atoms with van der Waals surface area (Å²) in [6, 6.07) is 11.8. The van der Waals surface area contributed by atoms with Crippen LogP contribution in [0.25, 0.3) is 0 Å². The monoisotopic (exact) mass is 391 g/mol. The van der Waals surface area contributed by atoms with E-state index < -0.39 is 0 Å². The third-order valence-electron chi connectivity index (χ3n) is 2.67. The van der Waals surface area contributed by atoms with Gasteiger partial charge in [-0.1, -0.05) is 23.2 Å². The van der Waals surface area contributed by atoms with E-state index in [1.807, 2.05) is 12.1 Å². The number of hydrogen-bond donors (Lipinski definition) is 1. The second kappa shape index (κ2) is 6.13. The van der Waals surface area contributed by atoms with E-state index in [1.54, 1.807) is 6.07 Å². The lowest BCUT2D eigenvalue weighted by atomic mass is 10.2. The number of halogens is 3. The van der Waals surface area contributed by atoms with Crippen molar-refractivity contribution in [2.24, 2.45) is 0 Å². The van der Waals surface area contributed by atoms with Gasteiger partial charge in [-0.3, -0.25) is 0 Å². The molecule has 18 heavy (non-hydrogen) atoms. The summed E-state index contributed by atoms with van der Waals surface area (Å²) in [7, 11) is 0. The molecule has 2 rings (SSSR count). The Kier molecular flexibility index (Phi) is 4.76. The Morgan fingerprint density at radius 1 is 1.11 bits per heavy atom. The van der Waals surface area contributed by atoms with Crippen LogP contribution >= 0.6 is 45.8 Å². The van der Waals surface area contributed by atoms with Crippen molar-refractivity contribution in [3.63, 3.8) is 0 Å². The van der Waals surface area contributed by atoms with E-state index in [0.717, 1.165) is 16.3 Å². The Morgan fingerprint density at radius 3 is 2.61 bits per heavy atom. The maximum absolute atomic E-state index is 6.13. The van der Waals surface area contributed by atoms with Crippen molar-refractivity contribution in [1.82, 2.24) is 0 Å². The molecule has 0 bridgehead atoms. The molecule has 0 aliphatic heterocycles. The quantitative estimate of drug-likeness (QED) is 0.679. The molecule has 1 nitrogen and oxygen atoms in total. The number of anilines is 1. The molecule has 0 amide bonds. The fourth-order valence-electron chi connectivity index (χ4n) is 1.69. The highest BCUT2D eigenvalue weighted by molar-refractivity contribution is 14.1. The van der Waals surface area contributed by atoms with Gasteiger partial charge in [-0.2, -0.15) is 0 Å². The first kappa shape index (κ1) is 14.0. The van der Waals surface area contributed by atoms with Crippen molar-refractivity contribution >= 4 is 51.5 Å². The molecular formula is C14H12Cl2IN. The molecule has 2 aromatic carbocycles. The summed E-state index contributed by atoms with van der Waals surface area (Å²) in [4.78, 5) is 0. The van der Waals surface area contributed by atoms with Crippen molar-refractivity contribution in [1.29, 1.82) is 0 Å². The van der Waals surface area contributed by atoms with Crippen LogP contribution in [0.1, 0.15) is 11.1 Å². The molecule has 1 N–H and O–H groups in total. The lowest BCUT2D eigenvalue weighted by Crippen LogP contribution is -2.01. The van der Waals surface area contributed by atoms with Gasteiger partial charge in [-0.15, -0.1) is 0 Å². The van der Waals surface area contributed by atoms with E-state index in [-0.39, 0.29) is 0 Å². The standard InChI is InChI=1S/C14H12Cl2IN/c1-9-6-12(17)3-5-14(9)18-8-10-7-11(15)2-4-13(10)16/h2-7,18H,8H2,1H3. The lowest BCUT2D eigenvalue weighted by molar-refractivity contribution is 1.14. The second-order valence-electron chi connectivity index (χ2n) is 4.05. The van der Waals surface area contributed by atoms with Crippen molar-refractivity contribution in [2.75, 3.05) is 5.32 Å². The van der Waals surface area contributed by atoms with E-state index in [9.17, 15) is 0 Å². The Bertz CT molecular complexity index is 570. The van der Waals surface area contributed by atoms with Crippen LogP contribution in [0.2, 0.25) is 10.0 Å². The summed E-state index contributed by atoms with van der Waals surface area (Å²) < 4.78 is 1.23. The maximum atomic E-state index is 6.13. The topological polar surface area (TPSA) is 12.0 Å². The zero-order valence-corrected chi connectivity index (χ0v) is 13.5. The van der Waals surface area contributed by atoms with E-state index >= 15 is 0 Å². The highest BCUT2D eigenvalue weighted by Crippen LogP contribution is 2.23. The van der Waals surface area contributed by atoms with Crippen molar-refractivity contribution in [2.45, 2.75) is 13.5 Å². The molecule has 4 heteroatoms. The molecule has 0 aromatic heterocycles. The number of rotatable bonds is 3. The fraction of sp³-hybridized carbons (Fsp3) is 0.143. The predicted octanol–water partition coefficient (Wildman–Crippen LogP) is 5.52. The second-order valence-corrected chi connectivity index (χ2v) is 6.14. The molecule has 0 heterocycles. The van der Waals surface area contributed by atoms with Crippen LogP contribution in [0.5, 0.6) is 0 Å². The number of benzene rings is 2. The summed E-state index contributed by atoms with van der Waals surface area (Å²) in [5.41, 5.74) is 3.34. The average Bonchev–Trinajstić information content (AvgIpc) is 2.32. The van der Waals surface area contributed by atoms with E-state index in [2.05, 4.69) is 53.0 Å². The first-order valence-corrected chi connectivity index (χ1v) is 7.33. The van der Waals surface area contributed by atoms with Crippen molar-refractivity contribution in [3.05, 3.63) is 61.1 Å². The molecule has 94 valence electrons. The summed E-state index contributed by atoms with van der Waals surface area (Å²) >= 11 is 14.4. The Labute approximate surface area is 131 Å². The van der Waals surface area contributed by atoms with Gasteiger partial charge in [-0.05, 0) is 77.0 Å². The molecule has 0 unspecified atom stereocenters. The van der Waals surface area contributed by atoms with Crippen LogP contribution in [0, 0.1) is 10.5 Å². The highest BCUT2D eigenvalue weighted by Gasteiger charge is 2.03. The van der Waals surface area contributed by atoms with Crippen molar-refractivity contribution < 1.29 is 0 Å². The largest absolute Gasteiger partial charge is 0.381 e. The van der Waals surface area contributed by atoms with E-state index in [4.69, 9.17) is 23.2 Å².